The maximum atomic E-state index is 13.8. The van der Waals surface area contributed by atoms with Crippen molar-refractivity contribution in [2.24, 2.45) is 16.5 Å². The standard InChI is InChI=1S/C32H44N10O7S/c1-50-14-12-23-28(46)38-17-26(44)39-24(15-18-8-10-19(43)11-9-18)30(48)40-22(7-4-13-36-32(34)35)29(47)42-25(31(49)41-23)16-37-27(45)20-5-2-3-6-21(20)33/h2-3,5-6,8-11,22-25,43H,4,7,12-17,33H2,1H3,(H,37,45)(H,38,46)(H,39,44)(H,40,48)(H,41,49)(H,42,47)(H4,34,35,36)/t22-,23+,24-,25-/m0/s1. The van der Waals surface area contributed by atoms with Crippen molar-refractivity contribution in [2.75, 3.05) is 37.4 Å². The first kappa shape index (κ1) is 38.9. The van der Waals surface area contributed by atoms with Crippen molar-refractivity contribution in [3.8, 4) is 5.75 Å². The zero-order valence-corrected chi connectivity index (χ0v) is 28.4. The van der Waals surface area contributed by atoms with Crippen molar-refractivity contribution in [3.05, 3.63) is 59.7 Å². The van der Waals surface area contributed by atoms with Crippen molar-refractivity contribution >= 4 is 58.9 Å². The summed E-state index contributed by atoms with van der Waals surface area (Å²) in [4.78, 5) is 84.3. The summed E-state index contributed by atoms with van der Waals surface area (Å²) in [6.45, 7) is -0.792. The van der Waals surface area contributed by atoms with Crippen molar-refractivity contribution in [1.29, 1.82) is 0 Å². The van der Waals surface area contributed by atoms with Crippen LogP contribution in [-0.4, -0.2) is 102 Å². The van der Waals surface area contributed by atoms with E-state index < -0.39 is 72.7 Å². The van der Waals surface area contributed by atoms with E-state index in [0.717, 1.165) is 0 Å². The van der Waals surface area contributed by atoms with Crippen LogP contribution in [-0.2, 0) is 30.4 Å². The first-order chi connectivity index (χ1) is 23.9. The Labute approximate surface area is 293 Å². The molecule has 4 atom stereocenters. The lowest BCUT2D eigenvalue weighted by atomic mass is 10.0. The number of guanidine groups is 1. The molecule has 2 aromatic rings. The zero-order valence-electron chi connectivity index (χ0n) is 27.6. The lowest BCUT2D eigenvalue weighted by Crippen LogP contribution is -2.60. The predicted molar refractivity (Wildman–Crippen MR) is 189 cm³/mol. The summed E-state index contributed by atoms with van der Waals surface area (Å²) in [6.07, 6.45) is 2.24. The van der Waals surface area contributed by atoms with E-state index in [0.29, 0.717) is 11.3 Å². The average molecular weight is 713 g/mol. The molecule has 270 valence electrons. The molecular weight excluding hydrogens is 668 g/mol. The first-order valence-electron chi connectivity index (χ1n) is 15.8. The second-order valence-electron chi connectivity index (χ2n) is 11.4. The van der Waals surface area contributed by atoms with E-state index in [1.807, 2.05) is 6.26 Å². The van der Waals surface area contributed by atoms with Crippen LogP contribution in [0.4, 0.5) is 5.69 Å². The van der Waals surface area contributed by atoms with Crippen LogP contribution in [0, 0.1) is 0 Å². The van der Waals surface area contributed by atoms with Crippen molar-refractivity contribution in [3.63, 3.8) is 0 Å². The van der Waals surface area contributed by atoms with Gasteiger partial charge in [0.1, 0.15) is 29.9 Å². The van der Waals surface area contributed by atoms with E-state index in [1.54, 1.807) is 24.3 Å². The number of amides is 6. The largest absolute Gasteiger partial charge is 0.508 e. The van der Waals surface area contributed by atoms with Crippen LogP contribution < -0.4 is 49.1 Å². The van der Waals surface area contributed by atoms with Crippen molar-refractivity contribution in [1.82, 2.24) is 31.9 Å². The van der Waals surface area contributed by atoms with Gasteiger partial charge in [-0.25, -0.2) is 0 Å². The van der Waals surface area contributed by atoms with Gasteiger partial charge >= 0.3 is 0 Å². The fourth-order valence-corrected chi connectivity index (χ4v) is 5.38. The smallest absolute Gasteiger partial charge is 0.253 e. The Hall–Kier alpha value is -5.52. The molecule has 50 heavy (non-hydrogen) atoms. The number of benzene rings is 2. The quantitative estimate of drug-likeness (QED) is 0.0489. The van der Waals surface area contributed by atoms with Gasteiger partial charge in [0.2, 0.25) is 29.5 Å². The summed E-state index contributed by atoms with van der Waals surface area (Å²) in [5.41, 5.74) is 17.7. The molecule has 1 aliphatic rings. The molecule has 1 fully saturated rings. The molecule has 1 aliphatic heterocycles. The highest BCUT2D eigenvalue weighted by molar-refractivity contribution is 7.98. The minimum Gasteiger partial charge on any atom is -0.508 e. The van der Waals surface area contributed by atoms with Gasteiger partial charge in [0, 0.05) is 25.2 Å². The molecule has 18 heteroatoms. The number of nitrogens with one attached hydrogen (secondary N) is 6. The van der Waals surface area contributed by atoms with Crippen LogP contribution in [0.2, 0.25) is 0 Å². The topological polar surface area (TPSA) is 285 Å². The predicted octanol–water partition coefficient (Wildman–Crippen LogP) is -2.18. The molecule has 1 saturated heterocycles. The van der Waals surface area contributed by atoms with E-state index in [1.165, 1.54) is 36.0 Å². The molecule has 2 aromatic carbocycles. The molecule has 0 spiro atoms. The Morgan fingerprint density at radius 1 is 0.860 bits per heavy atom. The van der Waals surface area contributed by atoms with Crippen LogP contribution in [0.1, 0.15) is 35.2 Å². The minimum atomic E-state index is -1.41. The molecule has 17 nitrogen and oxygen atoms in total. The van der Waals surface area contributed by atoms with E-state index in [9.17, 15) is 33.9 Å². The Balaban J connectivity index is 1.97. The summed E-state index contributed by atoms with van der Waals surface area (Å²) in [7, 11) is 0. The summed E-state index contributed by atoms with van der Waals surface area (Å²) in [5, 5.41) is 25.3. The maximum Gasteiger partial charge on any atom is 0.253 e. The molecule has 0 bridgehead atoms. The number of aromatic hydroxyl groups is 1. The van der Waals surface area contributed by atoms with Gasteiger partial charge in [-0.3, -0.25) is 33.8 Å². The highest BCUT2D eigenvalue weighted by Gasteiger charge is 2.32. The van der Waals surface area contributed by atoms with Gasteiger partial charge in [0.25, 0.3) is 5.91 Å². The number of anilines is 1. The number of hydrogen-bond donors (Lipinski definition) is 10. The number of nitrogen functional groups attached to an aromatic ring is 1. The molecule has 3 rings (SSSR count). The molecule has 0 aromatic heterocycles. The van der Waals surface area contributed by atoms with Crippen LogP contribution in [0.5, 0.6) is 5.75 Å². The molecule has 1 heterocycles. The summed E-state index contributed by atoms with van der Waals surface area (Å²) in [5.74, 6) is -3.98. The van der Waals surface area contributed by atoms with Crippen molar-refractivity contribution in [2.45, 2.75) is 49.9 Å². The lowest BCUT2D eigenvalue weighted by molar-refractivity contribution is -0.134. The van der Waals surface area contributed by atoms with E-state index >= 15 is 0 Å². The third kappa shape index (κ3) is 12.5. The van der Waals surface area contributed by atoms with Gasteiger partial charge in [-0.1, -0.05) is 24.3 Å². The molecule has 6 amide bonds. The molecule has 13 N–H and O–H groups in total. The van der Waals surface area contributed by atoms with E-state index in [4.69, 9.17) is 17.2 Å². The van der Waals surface area contributed by atoms with Gasteiger partial charge < -0.3 is 54.2 Å². The van der Waals surface area contributed by atoms with Gasteiger partial charge in [-0.15, -0.1) is 0 Å². The molecule has 0 unspecified atom stereocenters. The van der Waals surface area contributed by atoms with E-state index in [-0.39, 0.29) is 55.2 Å². The Morgan fingerprint density at radius 3 is 2.14 bits per heavy atom. The maximum absolute atomic E-state index is 13.8. The number of rotatable bonds is 12. The molecular formula is C32H44N10O7S. The average Bonchev–Trinajstić information content (AvgIpc) is 3.08. The van der Waals surface area contributed by atoms with Crippen LogP contribution in [0.25, 0.3) is 0 Å². The van der Waals surface area contributed by atoms with Crippen molar-refractivity contribution < 1.29 is 33.9 Å². The van der Waals surface area contributed by atoms with Crippen LogP contribution in [0.15, 0.2) is 53.5 Å². The second-order valence-corrected chi connectivity index (χ2v) is 12.4. The highest BCUT2D eigenvalue weighted by Crippen LogP contribution is 2.13. The normalized spacial score (nSPS) is 20.5. The Morgan fingerprint density at radius 2 is 1.48 bits per heavy atom. The second kappa shape index (κ2) is 19.5. The fourth-order valence-electron chi connectivity index (χ4n) is 4.91. The Bertz CT molecular complexity index is 1550. The minimum absolute atomic E-state index is 0.00157. The molecule has 0 saturated carbocycles. The lowest BCUT2D eigenvalue weighted by Gasteiger charge is -2.26. The Kier molecular flexibility index (Phi) is 15.2. The number of aliphatic imine (C=N–C) groups is 1. The third-order valence-electron chi connectivity index (χ3n) is 7.58. The number of phenolic OH excluding ortho intramolecular Hbond substituents is 1. The number of para-hydroxylation sites is 1. The number of nitrogens with zero attached hydrogens (tertiary/aromatic N) is 1. The summed E-state index contributed by atoms with van der Waals surface area (Å²) in [6, 6.07) is 7.32. The number of phenols is 1. The summed E-state index contributed by atoms with van der Waals surface area (Å²) >= 11 is 1.43. The number of carbonyl (C=O) groups is 6. The summed E-state index contributed by atoms with van der Waals surface area (Å²) < 4.78 is 0. The third-order valence-corrected chi connectivity index (χ3v) is 8.22. The molecule has 0 aliphatic carbocycles. The highest BCUT2D eigenvalue weighted by atomic mass is 32.2. The van der Waals surface area contributed by atoms with Crippen LogP contribution in [0.3, 0.4) is 0 Å². The number of hydrogen-bond acceptors (Lipinski definition) is 10. The zero-order chi connectivity index (χ0) is 36.6. The van der Waals surface area contributed by atoms with Gasteiger partial charge in [-0.2, -0.15) is 11.8 Å². The molecule has 0 radical (unpaired) electrons. The van der Waals surface area contributed by atoms with Gasteiger partial charge in [-0.05, 0) is 61.1 Å². The fraction of sp³-hybridized carbons (Fsp3) is 0.406. The first-order valence-corrected chi connectivity index (χ1v) is 17.2. The monoisotopic (exact) mass is 712 g/mol. The van der Waals surface area contributed by atoms with Gasteiger partial charge in [0.05, 0.1) is 12.1 Å². The number of thioether (sulfide) groups is 1. The number of carbonyl (C=O) groups excluding carboxylic acids is 6. The number of nitrogens with two attached hydrogens (primary N) is 3. The van der Waals surface area contributed by atoms with Crippen LogP contribution >= 0.6 is 11.8 Å². The SMILES string of the molecule is CSCC[C@H]1NC(=O)[C@H](CNC(=O)c2ccccc2N)NC(=O)[C@H](CCCN=C(N)N)NC(=O)[C@H](Cc2ccc(O)cc2)NC(=O)CNC1=O. The van der Waals surface area contributed by atoms with E-state index in [2.05, 4.69) is 36.9 Å². The van der Waals surface area contributed by atoms with Gasteiger partial charge in [0.15, 0.2) is 5.96 Å².